The van der Waals surface area contributed by atoms with Gasteiger partial charge in [0, 0.05) is 6.42 Å². The Bertz CT molecular complexity index is 344. The lowest BCUT2D eigenvalue weighted by Crippen LogP contribution is -2.39. The van der Waals surface area contributed by atoms with Crippen molar-refractivity contribution in [2.24, 2.45) is 5.41 Å². The van der Waals surface area contributed by atoms with Crippen LogP contribution in [0.1, 0.15) is 47.0 Å². The average Bonchev–Trinajstić information content (AvgIpc) is 2.63. The van der Waals surface area contributed by atoms with E-state index in [-0.39, 0.29) is 5.41 Å². The highest BCUT2D eigenvalue weighted by Crippen LogP contribution is 2.47. The summed E-state index contributed by atoms with van der Waals surface area (Å²) in [6.07, 6.45) is 7.83. The Balaban J connectivity index is 2.31. The Morgan fingerprint density at radius 2 is 1.94 bits per heavy atom. The summed E-state index contributed by atoms with van der Waals surface area (Å²) in [6, 6.07) is 0. The number of hydrogen-bond acceptors (Lipinski definition) is 2. The van der Waals surface area contributed by atoms with E-state index in [0.29, 0.717) is 13.2 Å². The molecule has 96 valence electrons. The van der Waals surface area contributed by atoms with Crippen LogP contribution in [0.4, 0.5) is 0 Å². The SMILES string of the molecule is CCC/C=C1\C(C)=CC2(CC1(C)C)OCCO2. The van der Waals surface area contributed by atoms with Crippen molar-refractivity contribution in [1.29, 1.82) is 0 Å². The van der Waals surface area contributed by atoms with Gasteiger partial charge in [-0.3, -0.25) is 0 Å². The van der Waals surface area contributed by atoms with E-state index >= 15 is 0 Å². The molecule has 2 heteroatoms. The molecule has 2 nitrogen and oxygen atoms in total. The van der Waals surface area contributed by atoms with Gasteiger partial charge in [-0.05, 0) is 36.0 Å². The van der Waals surface area contributed by atoms with Gasteiger partial charge >= 0.3 is 0 Å². The monoisotopic (exact) mass is 236 g/mol. The van der Waals surface area contributed by atoms with Gasteiger partial charge in [0.1, 0.15) is 0 Å². The molecule has 0 bridgehead atoms. The minimum atomic E-state index is -0.447. The molecule has 0 unspecified atom stereocenters. The Hall–Kier alpha value is -0.600. The van der Waals surface area contributed by atoms with E-state index in [2.05, 4.69) is 39.8 Å². The maximum absolute atomic E-state index is 5.81. The molecule has 1 saturated heterocycles. The lowest BCUT2D eigenvalue weighted by Gasteiger charge is -2.41. The first-order valence-corrected chi connectivity index (χ1v) is 6.67. The first kappa shape index (κ1) is 12.8. The summed E-state index contributed by atoms with van der Waals surface area (Å²) in [5.41, 5.74) is 2.92. The van der Waals surface area contributed by atoms with Gasteiger partial charge in [0.2, 0.25) is 0 Å². The summed E-state index contributed by atoms with van der Waals surface area (Å²) in [5.74, 6) is -0.447. The molecule has 2 rings (SSSR count). The van der Waals surface area contributed by atoms with Gasteiger partial charge in [-0.15, -0.1) is 0 Å². The third-order valence-corrected chi connectivity index (χ3v) is 3.69. The van der Waals surface area contributed by atoms with Gasteiger partial charge in [0.05, 0.1) is 13.2 Å². The quantitative estimate of drug-likeness (QED) is 0.725. The second-order valence-electron chi connectivity index (χ2n) is 5.80. The molecular formula is C15H24O2. The van der Waals surface area contributed by atoms with Crippen LogP contribution in [-0.2, 0) is 9.47 Å². The lowest BCUT2D eigenvalue weighted by molar-refractivity contribution is -0.139. The number of rotatable bonds is 2. The average molecular weight is 236 g/mol. The van der Waals surface area contributed by atoms with Crippen molar-refractivity contribution in [2.75, 3.05) is 13.2 Å². The molecule has 1 heterocycles. The zero-order chi connectivity index (χ0) is 12.5. The standard InChI is InChI=1S/C15H24O2/c1-5-6-7-13-12(2)10-15(11-14(13,3)4)16-8-9-17-15/h7,10H,5-6,8-9,11H2,1-4H3/b13-7+. The van der Waals surface area contributed by atoms with Crippen molar-refractivity contribution in [3.05, 3.63) is 23.3 Å². The van der Waals surface area contributed by atoms with E-state index in [1.807, 2.05) is 0 Å². The van der Waals surface area contributed by atoms with Crippen molar-refractivity contribution in [2.45, 2.75) is 52.7 Å². The molecule has 1 spiro atoms. The van der Waals surface area contributed by atoms with Crippen LogP contribution in [0, 0.1) is 5.41 Å². The second-order valence-corrected chi connectivity index (χ2v) is 5.80. The van der Waals surface area contributed by atoms with Crippen molar-refractivity contribution in [3.8, 4) is 0 Å². The Morgan fingerprint density at radius 3 is 2.47 bits per heavy atom. The molecule has 1 fully saturated rings. The summed E-state index contributed by atoms with van der Waals surface area (Å²) in [6.45, 7) is 10.4. The van der Waals surface area contributed by atoms with Crippen molar-refractivity contribution < 1.29 is 9.47 Å². The third-order valence-electron chi connectivity index (χ3n) is 3.69. The Kier molecular flexibility index (Phi) is 3.46. The zero-order valence-corrected chi connectivity index (χ0v) is 11.5. The fourth-order valence-corrected chi connectivity index (χ4v) is 3.09. The van der Waals surface area contributed by atoms with Crippen molar-refractivity contribution in [1.82, 2.24) is 0 Å². The molecule has 0 aromatic rings. The van der Waals surface area contributed by atoms with Crippen LogP contribution in [0.3, 0.4) is 0 Å². The summed E-state index contributed by atoms with van der Waals surface area (Å²) in [5, 5.41) is 0. The smallest absolute Gasteiger partial charge is 0.189 e. The van der Waals surface area contributed by atoms with E-state index in [1.165, 1.54) is 17.6 Å². The third kappa shape index (κ3) is 2.48. The van der Waals surface area contributed by atoms with Crippen LogP contribution >= 0.6 is 0 Å². The predicted molar refractivity (Wildman–Crippen MR) is 69.8 cm³/mol. The minimum Gasteiger partial charge on any atom is -0.344 e. The number of unbranched alkanes of at least 4 members (excludes halogenated alkanes) is 1. The largest absolute Gasteiger partial charge is 0.344 e. The number of allylic oxidation sites excluding steroid dienone is 3. The van der Waals surface area contributed by atoms with Gasteiger partial charge in [-0.1, -0.05) is 33.3 Å². The van der Waals surface area contributed by atoms with Crippen LogP contribution in [0.25, 0.3) is 0 Å². The van der Waals surface area contributed by atoms with Crippen LogP contribution in [0.15, 0.2) is 23.3 Å². The highest BCUT2D eigenvalue weighted by atomic mass is 16.7. The predicted octanol–water partition coefficient (Wildman–Crippen LogP) is 3.83. The van der Waals surface area contributed by atoms with E-state index in [4.69, 9.17) is 9.47 Å². The topological polar surface area (TPSA) is 18.5 Å². The second kappa shape index (κ2) is 4.58. The van der Waals surface area contributed by atoms with Gasteiger partial charge < -0.3 is 9.47 Å². The van der Waals surface area contributed by atoms with E-state index in [9.17, 15) is 0 Å². The van der Waals surface area contributed by atoms with Crippen LogP contribution in [0.5, 0.6) is 0 Å². The van der Waals surface area contributed by atoms with Crippen LogP contribution < -0.4 is 0 Å². The maximum Gasteiger partial charge on any atom is 0.189 e. The van der Waals surface area contributed by atoms with Gasteiger partial charge in [0.15, 0.2) is 5.79 Å². The molecule has 0 aromatic carbocycles. The molecule has 0 saturated carbocycles. The summed E-state index contributed by atoms with van der Waals surface area (Å²) in [4.78, 5) is 0. The van der Waals surface area contributed by atoms with Gasteiger partial charge in [-0.2, -0.15) is 0 Å². The fourth-order valence-electron chi connectivity index (χ4n) is 3.09. The minimum absolute atomic E-state index is 0.137. The van der Waals surface area contributed by atoms with Gasteiger partial charge in [-0.25, -0.2) is 0 Å². The normalized spacial score (nSPS) is 28.7. The van der Waals surface area contributed by atoms with Crippen LogP contribution in [0.2, 0.25) is 0 Å². The highest BCUT2D eigenvalue weighted by Gasteiger charge is 2.45. The Labute approximate surface area is 105 Å². The van der Waals surface area contributed by atoms with Gasteiger partial charge in [0.25, 0.3) is 0 Å². The van der Waals surface area contributed by atoms with E-state index in [0.717, 1.165) is 12.8 Å². The summed E-state index contributed by atoms with van der Waals surface area (Å²) in [7, 11) is 0. The zero-order valence-electron chi connectivity index (χ0n) is 11.5. The molecular weight excluding hydrogens is 212 g/mol. The van der Waals surface area contributed by atoms with Crippen molar-refractivity contribution >= 4 is 0 Å². The molecule has 0 atom stereocenters. The summed E-state index contributed by atoms with van der Waals surface area (Å²) >= 11 is 0. The molecule has 17 heavy (non-hydrogen) atoms. The first-order valence-electron chi connectivity index (χ1n) is 6.67. The van der Waals surface area contributed by atoms with E-state index in [1.54, 1.807) is 0 Å². The lowest BCUT2D eigenvalue weighted by atomic mass is 9.70. The van der Waals surface area contributed by atoms with Crippen molar-refractivity contribution in [3.63, 3.8) is 0 Å². The number of ether oxygens (including phenoxy) is 2. The molecule has 1 aliphatic heterocycles. The molecule has 0 radical (unpaired) electrons. The molecule has 1 aliphatic carbocycles. The fraction of sp³-hybridized carbons (Fsp3) is 0.733. The number of hydrogen-bond donors (Lipinski definition) is 0. The molecule has 0 amide bonds. The van der Waals surface area contributed by atoms with E-state index < -0.39 is 5.79 Å². The maximum atomic E-state index is 5.81. The Morgan fingerprint density at radius 1 is 1.29 bits per heavy atom. The highest BCUT2D eigenvalue weighted by molar-refractivity contribution is 5.39. The molecule has 0 N–H and O–H groups in total. The molecule has 0 aromatic heterocycles. The first-order chi connectivity index (χ1) is 7.99. The van der Waals surface area contributed by atoms with Crippen LogP contribution in [-0.4, -0.2) is 19.0 Å². The molecule has 2 aliphatic rings. The summed E-state index contributed by atoms with van der Waals surface area (Å²) < 4.78 is 11.6.